The van der Waals surface area contributed by atoms with Crippen LogP contribution in [0.15, 0.2) is 47.6 Å². The highest BCUT2D eigenvalue weighted by Gasteiger charge is 2.25. The van der Waals surface area contributed by atoms with Crippen LogP contribution < -0.4 is 10.6 Å². The zero-order valence-electron chi connectivity index (χ0n) is 18.7. The molecule has 0 spiro atoms. The predicted molar refractivity (Wildman–Crippen MR) is 133 cm³/mol. The van der Waals surface area contributed by atoms with Gasteiger partial charge in [-0.1, -0.05) is 54.9 Å². The Balaban J connectivity index is 1.67. The van der Waals surface area contributed by atoms with E-state index in [0.717, 1.165) is 5.56 Å². The Kier molecular flexibility index (Phi) is 8.40. The first-order valence-corrected chi connectivity index (χ1v) is 12.0. The molecule has 174 valence electrons. The molecule has 3 aromatic rings. The molecule has 2 aromatic carbocycles. The van der Waals surface area contributed by atoms with Crippen molar-refractivity contribution in [3.05, 3.63) is 69.5 Å². The SMILES string of the molecule is Cc1ccc(Cl)cc1NC(=O)CSc1nnc([C@@H](NC(=O)c2ccc(Cl)cc2)C(C)C)n1C. The number of hydrogen-bond acceptors (Lipinski definition) is 5. The van der Waals surface area contributed by atoms with Crippen LogP contribution >= 0.6 is 35.0 Å². The van der Waals surface area contributed by atoms with Crippen molar-refractivity contribution in [1.82, 2.24) is 20.1 Å². The smallest absolute Gasteiger partial charge is 0.251 e. The van der Waals surface area contributed by atoms with Crippen LogP contribution in [0.3, 0.4) is 0 Å². The van der Waals surface area contributed by atoms with Gasteiger partial charge < -0.3 is 15.2 Å². The number of thioether (sulfide) groups is 1. The molecule has 2 N–H and O–H groups in total. The molecule has 0 aliphatic rings. The molecule has 1 atom stereocenters. The largest absolute Gasteiger partial charge is 0.342 e. The summed E-state index contributed by atoms with van der Waals surface area (Å²) >= 11 is 13.2. The number of aromatic nitrogens is 3. The Morgan fingerprint density at radius 3 is 2.39 bits per heavy atom. The lowest BCUT2D eigenvalue weighted by molar-refractivity contribution is -0.113. The maximum Gasteiger partial charge on any atom is 0.251 e. The highest BCUT2D eigenvalue weighted by molar-refractivity contribution is 7.99. The van der Waals surface area contributed by atoms with E-state index in [2.05, 4.69) is 20.8 Å². The van der Waals surface area contributed by atoms with Gasteiger partial charge in [0.1, 0.15) is 0 Å². The molecule has 33 heavy (non-hydrogen) atoms. The third kappa shape index (κ3) is 6.50. The second kappa shape index (κ2) is 11.0. The number of nitrogens with zero attached hydrogens (tertiary/aromatic N) is 3. The van der Waals surface area contributed by atoms with Crippen molar-refractivity contribution in [2.45, 2.75) is 32.0 Å². The lowest BCUT2D eigenvalue weighted by Crippen LogP contribution is -2.33. The summed E-state index contributed by atoms with van der Waals surface area (Å²) in [5, 5.41) is 16.1. The van der Waals surface area contributed by atoms with Crippen LogP contribution in [-0.2, 0) is 11.8 Å². The number of amides is 2. The topological polar surface area (TPSA) is 88.9 Å². The van der Waals surface area contributed by atoms with Crippen LogP contribution in [0.2, 0.25) is 10.0 Å². The minimum absolute atomic E-state index is 0.0658. The highest BCUT2D eigenvalue weighted by Crippen LogP contribution is 2.25. The molecule has 2 amide bonds. The summed E-state index contributed by atoms with van der Waals surface area (Å²) in [5.41, 5.74) is 2.11. The average Bonchev–Trinajstić information content (AvgIpc) is 3.13. The molecule has 3 rings (SSSR count). The molecular weight excluding hydrogens is 481 g/mol. The van der Waals surface area contributed by atoms with E-state index < -0.39 is 0 Å². The van der Waals surface area contributed by atoms with Crippen LogP contribution in [-0.4, -0.2) is 32.3 Å². The number of aryl methyl sites for hydroxylation is 1. The van der Waals surface area contributed by atoms with Crippen LogP contribution in [0.5, 0.6) is 0 Å². The third-order valence-corrected chi connectivity index (χ3v) is 6.52. The average molecular weight is 506 g/mol. The van der Waals surface area contributed by atoms with Crippen LogP contribution in [0.4, 0.5) is 5.69 Å². The van der Waals surface area contributed by atoms with Crippen molar-refractivity contribution in [2.24, 2.45) is 13.0 Å². The molecule has 0 aliphatic carbocycles. The second-order valence-corrected chi connectivity index (χ2v) is 9.71. The first kappa shape index (κ1) is 25.1. The Hall–Kier alpha value is -2.55. The van der Waals surface area contributed by atoms with Gasteiger partial charge >= 0.3 is 0 Å². The van der Waals surface area contributed by atoms with Crippen molar-refractivity contribution in [3.8, 4) is 0 Å². The molecule has 0 bridgehead atoms. The first-order valence-electron chi connectivity index (χ1n) is 10.3. The van der Waals surface area contributed by atoms with Gasteiger partial charge in [-0.15, -0.1) is 10.2 Å². The van der Waals surface area contributed by atoms with Gasteiger partial charge in [-0.2, -0.15) is 0 Å². The molecule has 0 aliphatic heterocycles. The van der Waals surface area contributed by atoms with Gasteiger partial charge in [-0.25, -0.2) is 0 Å². The molecule has 0 radical (unpaired) electrons. The number of carbonyl (C=O) groups is 2. The first-order chi connectivity index (χ1) is 15.7. The van der Waals surface area contributed by atoms with Crippen molar-refractivity contribution in [3.63, 3.8) is 0 Å². The number of carbonyl (C=O) groups excluding carboxylic acids is 2. The van der Waals surface area contributed by atoms with E-state index in [1.54, 1.807) is 41.0 Å². The Bertz CT molecular complexity index is 1150. The van der Waals surface area contributed by atoms with Gasteiger partial charge in [0.25, 0.3) is 5.91 Å². The summed E-state index contributed by atoms with van der Waals surface area (Å²) in [4.78, 5) is 25.2. The lowest BCUT2D eigenvalue weighted by atomic mass is 10.0. The minimum atomic E-state index is -0.358. The molecule has 7 nitrogen and oxygen atoms in total. The molecule has 10 heteroatoms. The van der Waals surface area contributed by atoms with E-state index in [9.17, 15) is 9.59 Å². The summed E-state index contributed by atoms with van der Waals surface area (Å²) in [7, 11) is 1.82. The minimum Gasteiger partial charge on any atom is -0.342 e. The molecular formula is C23H25Cl2N5O2S. The van der Waals surface area contributed by atoms with Crippen molar-refractivity contribution in [2.75, 3.05) is 11.1 Å². The summed E-state index contributed by atoms with van der Waals surface area (Å²) in [6.45, 7) is 5.89. The van der Waals surface area contributed by atoms with E-state index in [1.807, 2.05) is 33.9 Å². The fourth-order valence-corrected chi connectivity index (χ4v) is 4.14. The Labute approximate surface area is 207 Å². The maximum atomic E-state index is 12.7. The number of halogens is 2. The van der Waals surface area contributed by atoms with Gasteiger partial charge in [-0.3, -0.25) is 9.59 Å². The Morgan fingerprint density at radius 1 is 1.06 bits per heavy atom. The van der Waals surface area contributed by atoms with Gasteiger partial charge in [-0.05, 0) is 54.8 Å². The van der Waals surface area contributed by atoms with E-state index in [1.165, 1.54) is 11.8 Å². The molecule has 0 fully saturated rings. The van der Waals surface area contributed by atoms with Crippen molar-refractivity contribution < 1.29 is 9.59 Å². The second-order valence-electron chi connectivity index (χ2n) is 7.90. The monoisotopic (exact) mass is 505 g/mol. The van der Waals surface area contributed by atoms with E-state index in [4.69, 9.17) is 23.2 Å². The Morgan fingerprint density at radius 2 is 1.73 bits per heavy atom. The quantitative estimate of drug-likeness (QED) is 0.406. The highest BCUT2D eigenvalue weighted by atomic mass is 35.5. The fraction of sp³-hybridized carbons (Fsp3) is 0.304. The molecule has 1 heterocycles. The van der Waals surface area contributed by atoms with Gasteiger partial charge in [0, 0.05) is 28.3 Å². The molecule has 0 unspecified atom stereocenters. The summed E-state index contributed by atoms with van der Waals surface area (Å²) < 4.78 is 1.80. The number of hydrogen-bond donors (Lipinski definition) is 2. The van der Waals surface area contributed by atoms with Crippen molar-refractivity contribution >= 4 is 52.5 Å². The number of anilines is 1. The molecule has 0 saturated heterocycles. The number of rotatable bonds is 8. The van der Waals surface area contributed by atoms with E-state index in [-0.39, 0.29) is 29.5 Å². The zero-order chi connectivity index (χ0) is 24.1. The van der Waals surface area contributed by atoms with Gasteiger partial charge in [0.15, 0.2) is 11.0 Å². The summed E-state index contributed by atoms with van der Waals surface area (Å²) in [5.74, 6) is 0.434. The standard InChI is InChI=1S/C23H25Cl2N5O2S/c1-13(2)20(27-22(32)15-6-9-16(24)10-7-15)21-28-29-23(30(21)4)33-12-19(31)26-18-11-17(25)8-5-14(18)3/h5-11,13,20H,12H2,1-4H3,(H,26,31)(H,27,32)/t20-/m0/s1. The van der Waals surface area contributed by atoms with Crippen LogP contribution in [0.1, 0.15) is 41.6 Å². The normalized spacial score (nSPS) is 12.0. The maximum absolute atomic E-state index is 12.7. The zero-order valence-corrected chi connectivity index (χ0v) is 21.1. The van der Waals surface area contributed by atoms with E-state index in [0.29, 0.717) is 32.3 Å². The van der Waals surface area contributed by atoms with Crippen molar-refractivity contribution in [1.29, 1.82) is 0 Å². The molecule has 1 aromatic heterocycles. The third-order valence-electron chi connectivity index (χ3n) is 5.01. The van der Waals surface area contributed by atoms with Crippen LogP contribution in [0.25, 0.3) is 0 Å². The van der Waals surface area contributed by atoms with E-state index >= 15 is 0 Å². The van der Waals surface area contributed by atoms with Gasteiger partial charge in [0.2, 0.25) is 5.91 Å². The molecule has 0 saturated carbocycles. The number of benzene rings is 2. The lowest BCUT2D eigenvalue weighted by Gasteiger charge is -2.21. The number of nitrogens with one attached hydrogen (secondary N) is 2. The fourth-order valence-electron chi connectivity index (χ4n) is 3.12. The summed E-state index contributed by atoms with van der Waals surface area (Å²) in [6, 6.07) is 11.7. The predicted octanol–water partition coefficient (Wildman–Crippen LogP) is 5.29. The van der Waals surface area contributed by atoms with Gasteiger partial charge in [0.05, 0.1) is 11.8 Å². The van der Waals surface area contributed by atoms with Crippen LogP contribution in [0, 0.1) is 12.8 Å². The summed E-state index contributed by atoms with van der Waals surface area (Å²) in [6.07, 6.45) is 0.